The Morgan fingerprint density at radius 3 is 1.15 bits per heavy atom. The van der Waals surface area contributed by atoms with E-state index in [9.17, 15) is 0 Å². The maximum atomic E-state index is 5.05. The Morgan fingerprint density at radius 2 is 0.691 bits per heavy atom. The van der Waals surface area contributed by atoms with Gasteiger partial charge in [0.2, 0.25) is 11.9 Å². The van der Waals surface area contributed by atoms with Crippen molar-refractivity contribution in [2.45, 2.75) is 49.4 Å². The van der Waals surface area contributed by atoms with Crippen molar-refractivity contribution >= 4 is 45.2 Å². The van der Waals surface area contributed by atoms with Crippen LogP contribution in [-0.2, 0) is 10.8 Å². The van der Waals surface area contributed by atoms with Crippen LogP contribution in [0.2, 0.25) is 0 Å². The Kier molecular flexibility index (Phi) is 11.9. The van der Waals surface area contributed by atoms with Crippen LogP contribution in [0, 0.1) is 0 Å². The van der Waals surface area contributed by atoms with Gasteiger partial charge in [0.25, 0.3) is 0 Å². The lowest BCUT2D eigenvalue weighted by Crippen LogP contribution is -2.52. The molecule has 0 saturated carbocycles. The van der Waals surface area contributed by atoms with Crippen LogP contribution in [0.15, 0.2) is 195 Å². The van der Waals surface area contributed by atoms with E-state index in [-0.39, 0.29) is 10.8 Å². The fourth-order valence-electron chi connectivity index (χ4n) is 15.8. The molecule has 3 fully saturated rings. The van der Waals surface area contributed by atoms with Gasteiger partial charge in [0, 0.05) is 94.4 Å². The summed E-state index contributed by atoms with van der Waals surface area (Å²) in [5.41, 5.74) is 23.9. The summed E-state index contributed by atoms with van der Waals surface area (Å²) in [7, 11) is 0. The van der Waals surface area contributed by atoms with Crippen LogP contribution in [-0.4, -0.2) is 111 Å². The third-order valence-electron chi connectivity index (χ3n) is 19.0. The van der Waals surface area contributed by atoms with E-state index in [1.807, 2.05) is 0 Å². The van der Waals surface area contributed by atoms with Crippen LogP contribution in [0.3, 0.4) is 0 Å². The monoisotopic (exact) mass is 1120 g/mol. The van der Waals surface area contributed by atoms with Crippen LogP contribution in [0.1, 0.15) is 83.0 Å². The SMILES string of the molecule is Brc1ccc2c(c1)C1(c3ccccc3-c3ccccc31)c1ccccc1-2.C1CN=C2NCCCN2C1.c1ccc2c(c1)-c1ccc(N3CCCN4CCCN=C43)cc1C21c2ccccc2-c2ccc(N3CCCN4CCCN=C43)cc21. The van der Waals surface area contributed by atoms with Crippen molar-refractivity contribution in [3.05, 3.63) is 225 Å². The van der Waals surface area contributed by atoms with Gasteiger partial charge in [0.1, 0.15) is 0 Å². The van der Waals surface area contributed by atoms with Crippen LogP contribution in [0.5, 0.6) is 0 Å². The third-order valence-corrected chi connectivity index (χ3v) is 19.5. The van der Waals surface area contributed by atoms with Crippen molar-refractivity contribution < 1.29 is 0 Å². The van der Waals surface area contributed by atoms with E-state index in [4.69, 9.17) is 9.98 Å². The third kappa shape index (κ3) is 7.44. The molecule has 6 aliphatic heterocycles. The molecule has 402 valence electrons. The topological polar surface area (TPSA) is 65.3 Å². The fraction of sp³-hybridized carbons (Fsp3) is 0.282. The van der Waals surface area contributed by atoms with Crippen molar-refractivity contribution in [3.8, 4) is 44.5 Å². The van der Waals surface area contributed by atoms with Crippen LogP contribution in [0.25, 0.3) is 44.5 Å². The van der Waals surface area contributed by atoms with Gasteiger partial charge in [-0.2, -0.15) is 0 Å². The number of anilines is 2. The first kappa shape index (κ1) is 48.9. The van der Waals surface area contributed by atoms with Crippen LogP contribution >= 0.6 is 15.9 Å². The minimum atomic E-state index is -0.377. The van der Waals surface area contributed by atoms with Gasteiger partial charge in [-0.25, -0.2) is 0 Å². The van der Waals surface area contributed by atoms with Gasteiger partial charge in [-0.05, 0) is 164 Å². The molecule has 0 amide bonds. The van der Waals surface area contributed by atoms with Gasteiger partial charge in [0.15, 0.2) is 5.96 Å². The molecule has 0 radical (unpaired) electrons. The summed E-state index contributed by atoms with van der Waals surface area (Å²) in [5, 5.41) is 3.30. The molecule has 0 unspecified atom stereocenters. The Bertz CT molecular complexity index is 3730. The van der Waals surface area contributed by atoms with Gasteiger partial charge in [-0.3, -0.25) is 15.0 Å². The molecule has 1 N–H and O–H groups in total. The minimum absolute atomic E-state index is 0.219. The predicted octanol–water partition coefficient (Wildman–Crippen LogP) is 13.4. The Morgan fingerprint density at radius 1 is 0.333 bits per heavy atom. The lowest BCUT2D eigenvalue weighted by atomic mass is 9.70. The van der Waals surface area contributed by atoms with E-state index in [0.29, 0.717) is 0 Å². The second-order valence-corrected chi connectivity index (χ2v) is 24.2. The standard InChI is InChI=1S/C39H38N6.C25H15Br.C7H13N3/c1-3-11-33-29(9-1)31-15-13-27(44-23-7-21-42-19-5-17-40-37(42)44)25-35(31)39(33)34-12-4-2-10-30(34)32-16-14-28(26-36(32)39)45-24-8-22-43-20-6-18-41-38(43)45;26-16-13-14-20-19-9-3-6-12-23(19)25(24(20)15-16)21-10-4-1-7-17(21)18-8-2-5-11-22(18)25;1-3-8-7-9-4-2-6-10(7)5-1/h1-4,9-16,25-26H,5-8,17-24H2;1-15H;1-6H2,(H,8,9). The average Bonchev–Trinajstić information content (AvgIpc) is 4.37. The zero-order valence-corrected chi connectivity index (χ0v) is 47.5. The second kappa shape index (κ2) is 19.7. The number of nitrogens with one attached hydrogen (secondary N) is 1. The summed E-state index contributed by atoms with van der Waals surface area (Å²) in [6.07, 6.45) is 7.11. The molecule has 18 rings (SSSR count). The highest BCUT2D eigenvalue weighted by Crippen LogP contribution is 2.65. The molecule has 0 bridgehead atoms. The molecule has 8 aromatic rings. The van der Waals surface area contributed by atoms with E-state index < -0.39 is 0 Å². The Hall–Kier alpha value is -7.95. The molecule has 6 heterocycles. The summed E-state index contributed by atoms with van der Waals surface area (Å²) in [6.45, 7) is 12.8. The molecule has 0 atom stereocenters. The first-order chi connectivity index (χ1) is 40.1. The van der Waals surface area contributed by atoms with Crippen molar-refractivity contribution in [3.63, 3.8) is 0 Å². The lowest BCUT2D eigenvalue weighted by molar-refractivity contribution is 0.346. The number of hydrogen-bond acceptors (Lipinski definition) is 9. The summed E-state index contributed by atoms with van der Waals surface area (Å²) >= 11 is 3.72. The molecular formula is C71H66BrN9. The molecule has 81 heavy (non-hydrogen) atoms. The van der Waals surface area contributed by atoms with Gasteiger partial charge in [-0.15, -0.1) is 0 Å². The molecule has 3 saturated heterocycles. The highest BCUT2D eigenvalue weighted by Gasteiger charge is 2.53. The first-order valence-corrected chi connectivity index (χ1v) is 30.7. The zero-order chi connectivity index (χ0) is 53.7. The quantitative estimate of drug-likeness (QED) is 0.186. The van der Waals surface area contributed by atoms with Crippen molar-refractivity contribution in [1.29, 1.82) is 0 Å². The second-order valence-electron chi connectivity index (χ2n) is 23.3. The van der Waals surface area contributed by atoms with Crippen LogP contribution < -0.4 is 15.1 Å². The van der Waals surface area contributed by atoms with Crippen molar-refractivity contribution in [2.75, 3.05) is 88.3 Å². The Balaban J connectivity index is 0.000000125. The number of rotatable bonds is 2. The smallest absolute Gasteiger partial charge is 0.201 e. The van der Waals surface area contributed by atoms with Crippen molar-refractivity contribution in [2.24, 2.45) is 15.0 Å². The maximum absolute atomic E-state index is 5.05. The molecule has 10 heteroatoms. The van der Waals surface area contributed by atoms with E-state index in [1.165, 1.54) is 126 Å². The summed E-state index contributed by atoms with van der Waals surface area (Å²) in [6, 6.07) is 66.2. The van der Waals surface area contributed by atoms with E-state index >= 15 is 0 Å². The van der Waals surface area contributed by atoms with E-state index in [1.54, 1.807) is 0 Å². The highest BCUT2D eigenvalue weighted by atomic mass is 79.9. The minimum Gasteiger partial charge on any atom is -0.356 e. The molecule has 9 nitrogen and oxygen atoms in total. The van der Waals surface area contributed by atoms with Gasteiger partial charge in [0.05, 0.1) is 10.8 Å². The molecule has 0 aromatic heterocycles. The first-order valence-electron chi connectivity index (χ1n) is 29.9. The number of guanidine groups is 3. The number of fused-ring (bicyclic) bond motifs is 23. The molecule has 10 aliphatic rings. The maximum Gasteiger partial charge on any atom is 0.201 e. The highest BCUT2D eigenvalue weighted by molar-refractivity contribution is 9.10. The number of benzene rings is 8. The number of aliphatic imine (C=N–C) groups is 3. The summed E-state index contributed by atoms with van der Waals surface area (Å²) < 4.78 is 1.13. The summed E-state index contributed by atoms with van der Waals surface area (Å²) in [5.74, 6) is 3.46. The Labute approximate surface area is 484 Å². The molecule has 8 aromatic carbocycles. The van der Waals surface area contributed by atoms with Gasteiger partial charge < -0.3 is 29.8 Å². The lowest BCUT2D eigenvalue weighted by Gasteiger charge is -2.42. The normalized spacial score (nSPS) is 19.2. The number of nitrogens with zero attached hydrogens (tertiary/aromatic N) is 8. The molecule has 2 spiro atoms. The largest absolute Gasteiger partial charge is 0.356 e. The van der Waals surface area contributed by atoms with Crippen molar-refractivity contribution in [1.82, 2.24) is 20.0 Å². The van der Waals surface area contributed by atoms with E-state index in [0.717, 1.165) is 113 Å². The van der Waals surface area contributed by atoms with Gasteiger partial charge >= 0.3 is 0 Å². The number of halogens is 1. The summed E-state index contributed by atoms with van der Waals surface area (Å²) in [4.78, 5) is 26.8. The zero-order valence-electron chi connectivity index (χ0n) is 45.9. The number of hydrogen-bond donors (Lipinski definition) is 1. The molecule has 4 aliphatic carbocycles. The fourth-order valence-corrected chi connectivity index (χ4v) is 16.1. The van der Waals surface area contributed by atoms with Gasteiger partial charge in [-0.1, -0.05) is 155 Å². The van der Waals surface area contributed by atoms with Crippen LogP contribution in [0.4, 0.5) is 11.4 Å². The average molecular weight is 1130 g/mol. The molecular weight excluding hydrogens is 1060 g/mol. The predicted molar refractivity (Wildman–Crippen MR) is 335 cm³/mol. The van der Waals surface area contributed by atoms with E-state index in [2.05, 4.69) is 227 Å².